The number of halogens is 2. The van der Waals surface area contributed by atoms with Crippen molar-refractivity contribution in [1.29, 1.82) is 0 Å². The molecular formula is C26H18Br2N2. The van der Waals surface area contributed by atoms with Crippen LogP contribution in [0.25, 0.3) is 0 Å². The fourth-order valence-corrected chi connectivity index (χ4v) is 5.63. The molecule has 0 saturated carbocycles. The van der Waals surface area contributed by atoms with Gasteiger partial charge < -0.3 is 9.80 Å². The van der Waals surface area contributed by atoms with Crippen LogP contribution in [-0.4, -0.2) is 0 Å². The smallest absolute Gasteiger partial charge is 0.0861 e. The minimum atomic E-state index is 0.208. The van der Waals surface area contributed by atoms with Crippen LogP contribution in [0.3, 0.4) is 0 Å². The molecule has 6 rings (SSSR count). The normalized spacial score (nSPS) is 18.9. The van der Waals surface area contributed by atoms with Gasteiger partial charge in [-0.3, -0.25) is 0 Å². The van der Waals surface area contributed by atoms with Gasteiger partial charge in [0.15, 0.2) is 0 Å². The van der Waals surface area contributed by atoms with E-state index in [1.165, 1.54) is 33.9 Å². The molecule has 2 nitrogen and oxygen atoms in total. The van der Waals surface area contributed by atoms with Crippen LogP contribution in [0, 0.1) is 0 Å². The summed E-state index contributed by atoms with van der Waals surface area (Å²) in [5.41, 5.74) is 7.66. The van der Waals surface area contributed by atoms with Gasteiger partial charge in [0, 0.05) is 42.8 Å². The summed E-state index contributed by atoms with van der Waals surface area (Å²) >= 11 is 7.40. The zero-order chi connectivity index (χ0) is 20.2. The Hall–Kier alpha value is -2.56. The van der Waals surface area contributed by atoms with Gasteiger partial charge in [-0.15, -0.1) is 0 Å². The number of para-hydroxylation sites is 2. The van der Waals surface area contributed by atoms with Crippen molar-refractivity contribution < 1.29 is 0 Å². The fourth-order valence-electron chi connectivity index (χ4n) is 4.93. The van der Waals surface area contributed by atoms with Gasteiger partial charge in [0.05, 0.1) is 12.1 Å². The third-order valence-electron chi connectivity index (χ3n) is 6.07. The second kappa shape index (κ2) is 7.00. The minimum Gasteiger partial charge on any atom is -0.331 e. The highest BCUT2D eigenvalue weighted by atomic mass is 79.9. The average Bonchev–Trinajstić information content (AvgIpc) is 3.26. The van der Waals surface area contributed by atoms with E-state index in [4.69, 9.17) is 0 Å². The van der Waals surface area contributed by atoms with Crippen LogP contribution in [0.4, 0.5) is 22.7 Å². The minimum absolute atomic E-state index is 0.208. The molecule has 0 saturated heterocycles. The molecule has 0 aliphatic carbocycles. The first kappa shape index (κ1) is 18.2. The summed E-state index contributed by atoms with van der Waals surface area (Å²) in [5.74, 6) is 0. The number of nitrogens with zero attached hydrogens (tertiary/aromatic N) is 2. The summed E-state index contributed by atoms with van der Waals surface area (Å²) < 4.78 is 2.20. The SMILES string of the molecule is Brc1ccc2c(c1)N(c1ccccc1)C1c3ccc(Br)cc3N(c3ccccc3)C21. The lowest BCUT2D eigenvalue weighted by Crippen LogP contribution is -2.24. The number of anilines is 4. The first-order valence-corrected chi connectivity index (χ1v) is 11.6. The van der Waals surface area contributed by atoms with Gasteiger partial charge in [-0.1, -0.05) is 80.4 Å². The maximum Gasteiger partial charge on any atom is 0.0861 e. The van der Waals surface area contributed by atoms with Gasteiger partial charge in [-0.2, -0.15) is 0 Å². The van der Waals surface area contributed by atoms with E-state index in [-0.39, 0.29) is 12.1 Å². The zero-order valence-corrected chi connectivity index (χ0v) is 19.2. The Labute approximate surface area is 193 Å². The maximum atomic E-state index is 3.70. The Morgan fingerprint density at radius 3 is 1.30 bits per heavy atom. The molecule has 0 bridgehead atoms. The van der Waals surface area contributed by atoms with Gasteiger partial charge in [0.2, 0.25) is 0 Å². The van der Waals surface area contributed by atoms with E-state index in [2.05, 4.69) is 139 Å². The first-order valence-electron chi connectivity index (χ1n) is 10.00. The van der Waals surface area contributed by atoms with E-state index in [1.807, 2.05) is 0 Å². The zero-order valence-electron chi connectivity index (χ0n) is 16.0. The van der Waals surface area contributed by atoms with Crippen LogP contribution < -0.4 is 9.80 Å². The van der Waals surface area contributed by atoms with Crippen LogP contribution in [0.1, 0.15) is 23.2 Å². The van der Waals surface area contributed by atoms with Crippen molar-refractivity contribution >= 4 is 54.6 Å². The van der Waals surface area contributed by atoms with E-state index in [0.29, 0.717) is 0 Å². The average molecular weight is 518 g/mol. The predicted octanol–water partition coefficient (Wildman–Crippen LogP) is 8.30. The summed E-state index contributed by atoms with van der Waals surface area (Å²) in [4.78, 5) is 5.00. The highest BCUT2D eigenvalue weighted by Gasteiger charge is 2.50. The third kappa shape index (κ3) is 2.67. The maximum absolute atomic E-state index is 3.70. The predicted molar refractivity (Wildman–Crippen MR) is 131 cm³/mol. The lowest BCUT2D eigenvalue weighted by Gasteiger charge is -2.29. The largest absolute Gasteiger partial charge is 0.331 e. The van der Waals surface area contributed by atoms with Gasteiger partial charge >= 0.3 is 0 Å². The van der Waals surface area contributed by atoms with E-state index in [9.17, 15) is 0 Å². The number of benzene rings is 4. The molecule has 4 heteroatoms. The third-order valence-corrected chi connectivity index (χ3v) is 7.05. The second-order valence-electron chi connectivity index (χ2n) is 7.71. The number of rotatable bonds is 2. The molecule has 0 N–H and O–H groups in total. The molecule has 0 spiro atoms. The number of fused-ring (bicyclic) bond motifs is 5. The lowest BCUT2D eigenvalue weighted by molar-refractivity contribution is 0.634. The molecular weight excluding hydrogens is 500 g/mol. The summed E-state index contributed by atoms with van der Waals surface area (Å²) in [6.07, 6.45) is 0. The summed E-state index contributed by atoms with van der Waals surface area (Å²) in [7, 11) is 0. The molecule has 2 aliphatic rings. The monoisotopic (exact) mass is 516 g/mol. The molecule has 146 valence electrons. The quantitative estimate of drug-likeness (QED) is 0.264. The van der Waals surface area contributed by atoms with Crippen molar-refractivity contribution in [2.45, 2.75) is 12.1 Å². The van der Waals surface area contributed by atoms with E-state index >= 15 is 0 Å². The molecule has 2 aliphatic heterocycles. The highest BCUT2D eigenvalue weighted by molar-refractivity contribution is 9.10. The summed E-state index contributed by atoms with van der Waals surface area (Å²) in [5, 5.41) is 0. The molecule has 2 atom stereocenters. The standard InChI is InChI=1S/C26H18Br2N2/c27-17-11-13-21-23(15-17)29(19-7-3-1-4-8-19)25-22-14-12-18(28)16-24(22)30(26(21)25)20-9-5-2-6-10-20/h1-16,25-26H. The molecule has 0 fully saturated rings. The molecule has 4 aromatic carbocycles. The Balaban J connectivity index is 1.64. The van der Waals surface area contributed by atoms with Crippen LogP contribution in [0.15, 0.2) is 106 Å². The molecule has 0 radical (unpaired) electrons. The lowest BCUT2D eigenvalue weighted by atomic mass is 10.0. The summed E-state index contributed by atoms with van der Waals surface area (Å²) in [6, 6.07) is 35.2. The highest BCUT2D eigenvalue weighted by Crippen LogP contribution is 2.62. The molecule has 2 heterocycles. The van der Waals surface area contributed by atoms with Crippen LogP contribution in [0.5, 0.6) is 0 Å². The Kier molecular flexibility index (Phi) is 4.25. The van der Waals surface area contributed by atoms with Crippen molar-refractivity contribution in [1.82, 2.24) is 0 Å². The molecule has 4 aromatic rings. The van der Waals surface area contributed by atoms with Crippen molar-refractivity contribution in [2.24, 2.45) is 0 Å². The van der Waals surface area contributed by atoms with Crippen LogP contribution >= 0.6 is 31.9 Å². The topological polar surface area (TPSA) is 6.48 Å². The van der Waals surface area contributed by atoms with E-state index in [0.717, 1.165) is 8.95 Å². The first-order chi connectivity index (χ1) is 14.7. The molecule has 2 unspecified atom stereocenters. The molecule has 30 heavy (non-hydrogen) atoms. The fraction of sp³-hybridized carbons (Fsp3) is 0.0769. The Morgan fingerprint density at radius 1 is 0.500 bits per heavy atom. The van der Waals surface area contributed by atoms with Gasteiger partial charge in [0.1, 0.15) is 0 Å². The van der Waals surface area contributed by atoms with E-state index < -0.39 is 0 Å². The van der Waals surface area contributed by atoms with Crippen molar-refractivity contribution in [3.63, 3.8) is 0 Å². The van der Waals surface area contributed by atoms with Gasteiger partial charge in [-0.25, -0.2) is 0 Å². The molecule has 0 amide bonds. The Bertz CT molecular complexity index is 1140. The van der Waals surface area contributed by atoms with Crippen molar-refractivity contribution in [3.8, 4) is 0 Å². The summed E-state index contributed by atoms with van der Waals surface area (Å²) in [6.45, 7) is 0. The number of hydrogen-bond donors (Lipinski definition) is 0. The second-order valence-corrected chi connectivity index (χ2v) is 9.54. The van der Waals surface area contributed by atoms with Crippen LogP contribution in [-0.2, 0) is 0 Å². The van der Waals surface area contributed by atoms with Crippen molar-refractivity contribution in [2.75, 3.05) is 9.80 Å². The van der Waals surface area contributed by atoms with E-state index in [1.54, 1.807) is 0 Å². The van der Waals surface area contributed by atoms with Gasteiger partial charge in [-0.05, 0) is 48.5 Å². The van der Waals surface area contributed by atoms with Crippen molar-refractivity contribution in [3.05, 3.63) is 117 Å². The molecule has 0 aromatic heterocycles. The van der Waals surface area contributed by atoms with Crippen LogP contribution in [0.2, 0.25) is 0 Å². The van der Waals surface area contributed by atoms with Gasteiger partial charge in [0.25, 0.3) is 0 Å². The Morgan fingerprint density at radius 2 is 0.900 bits per heavy atom. The number of hydrogen-bond acceptors (Lipinski definition) is 2.